The molecule has 4 rings (SSSR count). The SMILES string of the molecule is C=CCOC(=O)c1sc(N2C(=O)C(=O)C(=C(O)c3cccc(OC)c3)C2c2ccc(O)cc2)nc1C. The summed E-state index contributed by atoms with van der Waals surface area (Å²) in [6, 6.07) is 11.3. The van der Waals surface area contributed by atoms with Gasteiger partial charge >= 0.3 is 11.9 Å². The summed E-state index contributed by atoms with van der Waals surface area (Å²) in [6.45, 7) is 5.11. The Balaban J connectivity index is 1.88. The molecule has 1 saturated heterocycles. The maximum absolute atomic E-state index is 13.3. The number of phenols is 1. The van der Waals surface area contributed by atoms with Crippen molar-refractivity contribution in [1.82, 2.24) is 4.98 Å². The summed E-state index contributed by atoms with van der Waals surface area (Å²) in [6.07, 6.45) is 1.43. The van der Waals surface area contributed by atoms with Gasteiger partial charge in [0.15, 0.2) is 5.13 Å². The number of hydrogen-bond acceptors (Lipinski definition) is 9. The number of anilines is 1. The number of amides is 1. The molecule has 0 spiro atoms. The quantitative estimate of drug-likeness (QED) is 0.161. The van der Waals surface area contributed by atoms with E-state index in [1.807, 2.05) is 0 Å². The standard InChI is InChI=1S/C26H22N2O7S/c1-4-12-35-25(33)23-14(2)27-26(36-23)28-20(15-8-10-17(29)11-9-15)19(22(31)24(28)32)21(30)16-6-5-7-18(13-16)34-3/h4-11,13,20,29-30H,1,12H2,2-3H3. The number of aryl methyl sites for hydroxylation is 1. The van der Waals surface area contributed by atoms with Crippen LogP contribution in [0.4, 0.5) is 5.13 Å². The number of aromatic nitrogens is 1. The van der Waals surface area contributed by atoms with Crippen molar-refractivity contribution in [3.8, 4) is 11.5 Å². The van der Waals surface area contributed by atoms with Gasteiger partial charge in [0.1, 0.15) is 28.7 Å². The molecule has 2 aromatic carbocycles. The van der Waals surface area contributed by atoms with Crippen LogP contribution in [0.15, 0.2) is 66.8 Å². The molecule has 3 aromatic rings. The molecule has 1 aliphatic heterocycles. The molecule has 0 saturated carbocycles. The molecule has 1 aliphatic rings. The number of rotatable bonds is 7. The number of phenolic OH excluding ortho intramolecular Hbond substituents is 1. The van der Waals surface area contributed by atoms with Gasteiger partial charge in [0, 0.05) is 5.56 Å². The molecule has 0 bridgehead atoms. The van der Waals surface area contributed by atoms with Crippen LogP contribution < -0.4 is 9.64 Å². The monoisotopic (exact) mass is 506 g/mol. The van der Waals surface area contributed by atoms with Crippen molar-refractivity contribution in [3.05, 3.63) is 88.5 Å². The van der Waals surface area contributed by atoms with Gasteiger partial charge in [-0.15, -0.1) is 0 Å². The van der Waals surface area contributed by atoms with Crippen molar-refractivity contribution in [2.24, 2.45) is 0 Å². The third kappa shape index (κ3) is 4.46. The van der Waals surface area contributed by atoms with Gasteiger partial charge in [-0.05, 0) is 36.8 Å². The normalized spacial score (nSPS) is 16.7. The average Bonchev–Trinajstić information content (AvgIpc) is 3.39. The molecule has 184 valence electrons. The van der Waals surface area contributed by atoms with Gasteiger partial charge in [0.2, 0.25) is 0 Å². The van der Waals surface area contributed by atoms with E-state index in [1.165, 1.54) is 43.5 Å². The van der Waals surface area contributed by atoms with Gasteiger partial charge in [0.05, 0.1) is 24.4 Å². The van der Waals surface area contributed by atoms with Gasteiger partial charge in [-0.1, -0.05) is 48.3 Å². The first-order valence-electron chi connectivity index (χ1n) is 10.8. The lowest BCUT2D eigenvalue weighted by molar-refractivity contribution is -0.132. The molecule has 1 unspecified atom stereocenters. The van der Waals surface area contributed by atoms with E-state index in [2.05, 4.69) is 11.6 Å². The summed E-state index contributed by atoms with van der Waals surface area (Å²) in [7, 11) is 1.47. The van der Waals surface area contributed by atoms with Crippen LogP contribution in [0.5, 0.6) is 11.5 Å². The summed E-state index contributed by atoms with van der Waals surface area (Å²) >= 11 is 0.898. The van der Waals surface area contributed by atoms with Crippen molar-refractivity contribution >= 4 is 39.9 Å². The number of benzene rings is 2. The zero-order valence-electron chi connectivity index (χ0n) is 19.4. The molecule has 1 fully saturated rings. The number of methoxy groups -OCH3 is 1. The number of esters is 1. The lowest BCUT2D eigenvalue weighted by Crippen LogP contribution is -2.29. The smallest absolute Gasteiger partial charge is 0.350 e. The molecule has 9 nitrogen and oxygen atoms in total. The van der Waals surface area contributed by atoms with Gasteiger partial charge in [-0.3, -0.25) is 14.5 Å². The van der Waals surface area contributed by atoms with Crippen LogP contribution in [0.1, 0.15) is 32.5 Å². The van der Waals surface area contributed by atoms with E-state index in [1.54, 1.807) is 25.1 Å². The van der Waals surface area contributed by atoms with Crippen molar-refractivity contribution in [3.63, 3.8) is 0 Å². The lowest BCUT2D eigenvalue weighted by atomic mass is 9.95. The van der Waals surface area contributed by atoms with E-state index in [4.69, 9.17) is 9.47 Å². The minimum Gasteiger partial charge on any atom is -0.508 e. The van der Waals surface area contributed by atoms with Crippen LogP contribution in [0, 0.1) is 6.92 Å². The Labute approximate surface area is 210 Å². The largest absolute Gasteiger partial charge is 0.508 e. The molecule has 1 aromatic heterocycles. The molecule has 2 N–H and O–H groups in total. The van der Waals surface area contributed by atoms with E-state index in [0.29, 0.717) is 17.0 Å². The molecule has 36 heavy (non-hydrogen) atoms. The van der Waals surface area contributed by atoms with Crippen molar-refractivity contribution in [2.45, 2.75) is 13.0 Å². The molecule has 2 heterocycles. The van der Waals surface area contributed by atoms with E-state index < -0.39 is 29.5 Å². The summed E-state index contributed by atoms with van der Waals surface area (Å²) in [4.78, 5) is 44.7. The molecular formula is C26H22N2O7S. The molecule has 0 radical (unpaired) electrons. The van der Waals surface area contributed by atoms with Crippen LogP contribution in [0.3, 0.4) is 0 Å². The van der Waals surface area contributed by atoms with Crippen LogP contribution in [0.2, 0.25) is 0 Å². The number of carbonyl (C=O) groups excluding carboxylic acids is 3. The average molecular weight is 507 g/mol. The maximum Gasteiger partial charge on any atom is 0.350 e. The summed E-state index contributed by atoms with van der Waals surface area (Å²) in [5.74, 6) is -2.43. The zero-order chi connectivity index (χ0) is 26.0. The van der Waals surface area contributed by atoms with Gasteiger partial charge in [-0.2, -0.15) is 0 Å². The Morgan fingerprint density at radius 1 is 1.22 bits per heavy atom. The third-order valence-corrected chi connectivity index (χ3v) is 6.64. The maximum atomic E-state index is 13.3. The fourth-order valence-electron chi connectivity index (χ4n) is 3.80. The first-order chi connectivity index (χ1) is 17.3. The Morgan fingerprint density at radius 2 is 1.94 bits per heavy atom. The predicted molar refractivity (Wildman–Crippen MR) is 133 cm³/mol. The molecule has 0 aliphatic carbocycles. The third-order valence-electron chi connectivity index (χ3n) is 5.51. The van der Waals surface area contributed by atoms with E-state index in [9.17, 15) is 24.6 Å². The highest BCUT2D eigenvalue weighted by atomic mass is 32.1. The van der Waals surface area contributed by atoms with Crippen molar-refractivity contribution in [1.29, 1.82) is 0 Å². The van der Waals surface area contributed by atoms with E-state index >= 15 is 0 Å². The Bertz CT molecular complexity index is 1390. The second-order valence-electron chi connectivity index (χ2n) is 7.79. The molecule has 10 heteroatoms. The van der Waals surface area contributed by atoms with Gasteiger partial charge < -0.3 is 19.7 Å². The van der Waals surface area contributed by atoms with Crippen molar-refractivity contribution in [2.75, 3.05) is 18.6 Å². The fourth-order valence-corrected chi connectivity index (χ4v) is 4.79. The fraction of sp³-hybridized carbons (Fsp3) is 0.154. The zero-order valence-corrected chi connectivity index (χ0v) is 20.2. The Hall–Kier alpha value is -4.44. The summed E-state index contributed by atoms with van der Waals surface area (Å²) in [5.41, 5.74) is 0.881. The van der Waals surface area contributed by atoms with E-state index in [-0.39, 0.29) is 33.5 Å². The number of aliphatic hydroxyl groups is 1. The Morgan fingerprint density at radius 3 is 2.61 bits per heavy atom. The molecule has 1 atom stereocenters. The lowest BCUT2D eigenvalue weighted by Gasteiger charge is -2.23. The number of Topliss-reactive ketones (excluding diaryl/α,β-unsaturated/α-hetero) is 1. The second kappa shape index (κ2) is 10.0. The molecular weight excluding hydrogens is 484 g/mol. The van der Waals surface area contributed by atoms with Crippen LogP contribution >= 0.6 is 11.3 Å². The minimum absolute atomic E-state index is 0.00404. The first kappa shape index (κ1) is 24.7. The van der Waals surface area contributed by atoms with Crippen LogP contribution in [-0.4, -0.2) is 46.6 Å². The summed E-state index contributed by atoms with van der Waals surface area (Å²) in [5, 5.41) is 21.1. The van der Waals surface area contributed by atoms with Crippen LogP contribution in [-0.2, 0) is 14.3 Å². The number of aromatic hydroxyl groups is 1. The van der Waals surface area contributed by atoms with Gasteiger partial charge in [0.25, 0.3) is 5.78 Å². The van der Waals surface area contributed by atoms with Crippen LogP contribution in [0.25, 0.3) is 5.76 Å². The second-order valence-corrected chi connectivity index (χ2v) is 8.77. The number of aliphatic hydroxyl groups excluding tert-OH is 1. The van der Waals surface area contributed by atoms with E-state index in [0.717, 1.165) is 16.2 Å². The minimum atomic E-state index is -1.07. The highest BCUT2D eigenvalue weighted by molar-refractivity contribution is 7.17. The predicted octanol–water partition coefficient (Wildman–Crippen LogP) is 4.13. The number of carbonyl (C=O) groups is 3. The first-order valence-corrected chi connectivity index (χ1v) is 11.6. The number of thiazole rings is 1. The number of ether oxygens (including phenoxy) is 2. The molecule has 1 amide bonds. The topological polar surface area (TPSA) is 126 Å². The Kier molecular flexibility index (Phi) is 6.89. The number of ketones is 1. The summed E-state index contributed by atoms with van der Waals surface area (Å²) < 4.78 is 10.3. The highest BCUT2D eigenvalue weighted by Gasteiger charge is 2.48. The van der Waals surface area contributed by atoms with Gasteiger partial charge in [-0.25, -0.2) is 9.78 Å². The number of hydrogen-bond donors (Lipinski definition) is 2. The highest BCUT2D eigenvalue weighted by Crippen LogP contribution is 2.44. The van der Waals surface area contributed by atoms with Crippen molar-refractivity contribution < 1.29 is 34.1 Å². The number of nitrogens with zero attached hydrogens (tertiary/aromatic N) is 2.